The number of hydrogen-bond donors (Lipinski definition) is 2. The van der Waals surface area contributed by atoms with E-state index in [1.54, 1.807) is 13.8 Å². The Morgan fingerprint density at radius 2 is 1.76 bits per heavy atom. The van der Waals surface area contributed by atoms with Crippen LogP contribution < -0.4 is 20.1 Å². The van der Waals surface area contributed by atoms with Crippen molar-refractivity contribution in [2.75, 3.05) is 6.61 Å². The number of aryl methyl sites for hydroxylation is 1. The molecule has 1 aliphatic rings. The molecule has 0 radical (unpaired) electrons. The molecule has 0 saturated carbocycles. The molecule has 2 N–H and O–H groups in total. The van der Waals surface area contributed by atoms with E-state index in [1.165, 1.54) is 0 Å². The SMILES string of the molecule is CCOc1cc(C2NC(=O)NC(C(C)C)=C2C(=O)OC(C)C)ccc1OCc1ccccc1C. The normalized spacial score (nSPS) is 15.8. The molecule has 182 valence electrons. The van der Waals surface area contributed by atoms with E-state index < -0.39 is 12.0 Å². The van der Waals surface area contributed by atoms with Crippen molar-refractivity contribution in [3.63, 3.8) is 0 Å². The molecule has 0 saturated heterocycles. The Morgan fingerprint density at radius 3 is 2.41 bits per heavy atom. The quantitative estimate of drug-likeness (QED) is 0.497. The first-order valence-corrected chi connectivity index (χ1v) is 11.7. The van der Waals surface area contributed by atoms with Crippen LogP contribution in [0.25, 0.3) is 0 Å². The minimum atomic E-state index is -0.679. The van der Waals surface area contributed by atoms with E-state index in [9.17, 15) is 9.59 Å². The second kappa shape index (κ2) is 11.1. The number of hydrogen-bond acceptors (Lipinski definition) is 5. The van der Waals surface area contributed by atoms with Gasteiger partial charge in [0.05, 0.1) is 24.3 Å². The van der Waals surface area contributed by atoms with E-state index in [2.05, 4.69) is 10.6 Å². The fourth-order valence-corrected chi connectivity index (χ4v) is 3.81. The van der Waals surface area contributed by atoms with Crippen LogP contribution in [-0.2, 0) is 16.1 Å². The van der Waals surface area contributed by atoms with Crippen molar-refractivity contribution in [2.45, 2.75) is 60.3 Å². The molecular formula is C27H34N2O5. The number of carbonyl (C=O) groups excluding carboxylic acids is 2. The predicted molar refractivity (Wildman–Crippen MR) is 131 cm³/mol. The first-order valence-electron chi connectivity index (χ1n) is 11.7. The summed E-state index contributed by atoms with van der Waals surface area (Å²) in [5, 5.41) is 5.66. The molecule has 2 aromatic carbocycles. The van der Waals surface area contributed by atoms with Gasteiger partial charge in [0.2, 0.25) is 0 Å². The Bertz CT molecular complexity index is 1070. The lowest BCUT2D eigenvalue weighted by molar-refractivity contribution is -0.143. The highest BCUT2D eigenvalue weighted by atomic mass is 16.5. The van der Waals surface area contributed by atoms with Crippen molar-refractivity contribution in [2.24, 2.45) is 5.92 Å². The lowest BCUT2D eigenvalue weighted by Crippen LogP contribution is -2.47. The summed E-state index contributed by atoms with van der Waals surface area (Å²) >= 11 is 0. The molecule has 34 heavy (non-hydrogen) atoms. The Hall–Kier alpha value is -3.48. The molecule has 0 aliphatic carbocycles. The average molecular weight is 467 g/mol. The van der Waals surface area contributed by atoms with Crippen LogP contribution in [0.15, 0.2) is 53.7 Å². The summed E-state index contributed by atoms with van der Waals surface area (Å²) in [5.74, 6) is 0.595. The summed E-state index contributed by atoms with van der Waals surface area (Å²) < 4.78 is 17.5. The summed E-state index contributed by atoms with van der Waals surface area (Å²) in [4.78, 5) is 25.5. The van der Waals surface area contributed by atoms with Crippen molar-refractivity contribution in [1.82, 2.24) is 10.6 Å². The Kier molecular flexibility index (Phi) is 8.21. The molecule has 1 unspecified atom stereocenters. The zero-order valence-corrected chi connectivity index (χ0v) is 20.7. The molecule has 0 aromatic heterocycles. The van der Waals surface area contributed by atoms with Gasteiger partial charge >= 0.3 is 12.0 Å². The fourth-order valence-electron chi connectivity index (χ4n) is 3.81. The number of benzene rings is 2. The number of carbonyl (C=O) groups is 2. The number of ether oxygens (including phenoxy) is 3. The lowest BCUT2D eigenvalue weighted by atomic mass is 9.91. The van der Waals surface area contributed by atoms with Crippen LogP contribution in [0.4, 0.5) is 4.79 Å². The van der Waals surface area contributed by atoms with E-state index in [0.717, 1.165) is 11.1 Å². The number of nitrogens with one attached hydrogen (secondary N) is 2. The molecule has 0 spiro atoms. The van der Waals surface area contributed by atoms with Gasteiger partial charge in [-0.05, 0) is 62.4 Å². The molecule has 7 nitrogen and oxygen atoms in total. The minimum Gasteiger partial charge on any atom is -0.490 e. The maximum Gasteiger partial charge on any atom is 0.338 e. The molecule has 0 fully saturated rings. The van der Waals surface area contributed by atoms with Crippen molar-refractivity contribution in [1.29, 1.82) is 0 Å². The highest BCUT2D eigenvalue weighted by molar-refractivity contribution is 5.95. The molecule has 1 aliphatic heterocycles. The summed E-state index contributed by atoms with van der Waals surface area (Å²) in [7, 11) is 0. The largest absolute Gasteiger partial charge is 0.490 e. The maximum atomic E-state index is 13.1. The van der Waals surface area contributed by atoms with Gasteiger partial charge in [0.15, 0.2) is 11.5 Å². The molecule has 2 amide bonds. The summed E-state index contributed by atoms with van der Waals surface area (Å²) in [6, 6.07) is 12.5. The van der Waals surface area contributed by atoms with Gasteiger partial charge < -0.3 is 24.8 Å². The second-order valence-corrected chi connectivity index (χ2v) is 8.82. The van der Waals surface area contributed by atoms with Crippen LogP contribution >= 0.6 is 0 Å². The molecule has 3 rings (SSSR count). The van der Waals surface area contributed by atoms with Crippen molar-refractivity contribution in [3.8, 4) is 11.5 Å². The molecule has 2 aromatic rings. The Morgan fingerprint density at radius 1 is 1.03 bits per heavy atom. The maximum absolute atomic E-state index is 13.1. The number of amides is 2. The van der Waals surface area contributed by atoms with E-state index >= 15 is 0 Å². The van der Waals surface area contributed by atoms with Crippen LogP contribution in [0.2, 0.25) is 0 Å². The Balaban J connectivity index is 1.98. The fraction of sp³-hybridized carbons (Fsp3) is 0.407. The molecule has 1 heterocycles. The molecule has 1 atom stereocenters. The van der Waals surface area contributed by atoms with Crippen molar-refractivity contribution < 1.29 is 23.8 Å². The van der Waals surface area contributed by atoms with Gasteiger partial charge in [0.1, 0.15) is 6.61 Å². The van der Waals surface area contributed by atoms with Crippen LogP contribution in [0.5, 0.6) is 11.5 Å². The van der Waals surface area contributed by atoms with Gasteiger partial charge in [0, 0.05) is 5.70 Å². The van der Waals surface area contributed by atoms with Crippen LogP contribution in [0, 0.1) is 12.8 Å². The van der Waals surface area contributed by atoms with E-state index in [1.807, 2.05) is 70.2 Å². The first-order chi connectivity index (χ1) is 16.2. The van der Waals surface area contributed by atoms with E-state index in [4.69, 9.17) is 14.2 Å². The predicted octanol–water partition coefficient (Wildman–Crippen LogP) is 5.19. The summed E-state index contributed by atoms with van der Waals surface area (Å²) in [6.45, 7) is 12.2. The van der Waals surface area contributed by atoms with Crippen molar-refractivity contribution in [3.05, 3.63) is 70.4 Å². The number of urea groups is 1. The summed E-state index contributed by atoms with van der Waals surface area (Å²) in [5.41, 5.74) is 3.88. The van der Waals surface area contributed by atoms with E-state index in [0.29, 0.717) is 41.5 Å². The van der Waals surface area contributed by atoms with Gasteiger partial charge in [-0.15, -0.1) is 0 Å². The highest BCUT2D eigenvalue weighted by Crippen LogP contribution is 2.36. The van der Waals surface area contributed by atoms with Crippen molar-refractivity contribution >= 4 is 12.0 Å². The zero-order chi connectivity index (χ0) is 24.8. The first kappa shape index (κ1) is 25.1. The van der Waals surface area contributed by atoms with Gasteiger partial charge in [0.25, 0.3) is 0 Å². The Labute approximate surface area is 201 Å². The van der Waals surface area contributed by atoms with Gasteiger partial charge in [-0.1, -0.05) is 44.2 Å². The summed E-state index contributed by atoms with van der Waals surface area (Å²) in [6.07, 6.45) is -0.289. The van der Waals surface area contributed by atoms with Crippen LogP contribution in [0.1, 0.15) is 57.4 Å². The molecule has 7 heteroatoms. The highest BCUT2D eigenvalue weighted by Gasteiger charge is 2.35. The zero-order valence-electron chi connectivity index (χ0n) is 20.7. The lowest BCUT2D eigenvalue weighted by Gasteiger charge is -2.31. The number of rotatable bonds is 9. The smallest absolute Gasteiger partial charge is 0.338 e. The number of allylic oxidation sites excluding steroid dienone is 1. The van der Waals surface area contributed by atoms with Crippen LogP contribution in [-0.4, -0.2) is 24.7 Å². The topological polar surface area (TPSA) is 85.9 Å². The average Bonchev–Trinajstić information content (AvgIpc) is 2.78. The van der Waals surface area contributed by atoms with Gasteiger partial charge in [-0.25, -0.2) is 9.59 Å². The third-order valence-electron chi connectivity index (χ3n) is 5.49. The monoisotopic (exact) mass is 466 g/mol. The third kappa shape index (κ3) is 5.90. The molecule has 0 bridgehead atoms. The van der Waals surface area contributed by atoms with Gasteiger partial charge in [-0.2, -0.15) is 0 Å². The number of esters is 1. The second-order valence-electron chi connectivity index (χ2n) is 8.82. The minimum absolute atomic E-state index is 0.0775. The van der Waals surface area contributed by atoms with E-state index in [-0.39, 0.29) is 18.1 Å². The molecular weight excluding hydrogens is 432 g/mol. The third-order valence-corrected chi connectivity index (χ3v) is 5.49. The standard InChI is InChI=1S/C27H34N2O5/c1-7-32-22-14-19(12-13-21(22)33-15-20-11-9-8-10-18(20)6)25-23(26(30)34-17(4)5)24(16(2)3)28-27(31)29-25/h8-14,16-17,25H,7,15H2,1-6H3,(H2,28,29,31). The van der Waals surface area contributed by atoms with Gasteiger partial charge in [-0.3, -0.25) is 0 Å². The van der Waals surface area contributed by atoms with Crippen LogP contribution in [0.3, 0.4) is 0 Å².